The maximum absolute atomic E-state index is 13.3. The molecule has 33 heavy (non-hydrogen) atoms. The van der Waals surface area contributed by atoms with Crippen molar-refractivity contribution in [3.05, 3.63) is 82.3 Å². The first kappa shape index (κ1) is 23.4. The van der Waals surface area contributed by atoms with Crippen molar-refractivity contribution < 1.29 is 27.1 Å². The van der Waals surface area contributed by atoms with Crippen LogP contribution in [0.5, 0.6) is 5.75 Å². The van der Waals surface area contributed by atoms with Crippen molar-refractivity contribution >= 4 is 27.3 Å². The molecule has 10 heteroatoms. The highest BCUT2D eigenvalue weighted by molar-refractivity contribution is 7.89. The van der Waals surface area contributed by atoms with E-state index in [2.05, 4.69) is 5.32 Å². The van der Waals surface area contributed by atoms with E-state index in [-0.39, 0.29) is 23.2 Å². The smallest absolute Gasteiger partial charge is 0.258 e. The lowest BCUT2D eigenvalue weighted by molar-refractivity contribution is -0.123. The van der Waals surface area contributed by atoms with E-state index in [0.29, 0.717) is 32.1 Å². The van der Waals surface area contributed by atoms with Crippen molar-refractivity contribution in [2.45, 2.75) is 10.9 Å². The second-order valence-electron chi connectivity index (χ2n) is 7.34. The second kappa shape index (κ2) is 10.4. The van der Waals surface area contributed by atoms with Gasteiger partial charge < -0.3 is 14.8 Å². The highest BCUT2D eigenvalue weighted by Crippen LogP contribution is 2.26. The monoisotopic (exact) mass is 490 g/mol. The van der Waals surface area contributed by atoms with E-state index in [1.54, 1.807) is 12.1 Å². The van der Waals surface area contributed by atoms with E-state index in [1.165, 1.54) is 52.0 Å². The number of halogens is 1. The highest BCUT2D eigenvalue weighted by atomic mass is 32.2. The third kappa shape index (κ3) is 5.77. The molecule has 2 aromatic carbocycles. The Bertz CT molecular complexity index is 1160. The molecule has 1 aromatic heterocycles. The molecule has 1 unspecified atom stereocenters. The number of benzene rings is 2. The zero-order chi connectivity index (χ0) is 23.3. The molecule has 0 radical (unpaired) electrons. The Morgan fingerprint density at radius 1 is 1.09 bits per heavy atom. The number of rotatable bonds is 8. The average molecular weight is 491 g/mol. The van der Waals surface area contributed by atoms with Crippen LogP contribution in [0.4, 0.5) is 4.39 Å². The number of nitrogens with zero attached hydrogens (tertiary/aromatic N) is 1. The maximum atomic E-state index is 13.3. The van der Waals surface area contributed by atoms with Crippen LogP contribution in [0.1, 0.15) is 16.5 Å². The molecule has 1 fully saturated rings. The van der Waals surface area contributed by atoms with Crippen LogP contribution in [0.25, 0.3) is 0 Å². The molecule has 2 heterocycles. The maximum Gasteiger partial charge on any atom is 0.258 e. The molecule has 1 N–H and O–H groups in total. The van der Waals surface area contributed by atoms with Crippen molar-refractivity contribution in [1.82, 2.24) is 9.62 Å². The molecule has 1 saturated heterocycles. The third-order valence-corrected chi connectivity index (χ3v) is 7.99. The fraction of sp³-hybridized carbons (Fsp3) is 0.261. The van der Waals surface area contributed by atoms with Crippen molar-refractivity contribution in [1.29, 1.82) is 0 Å². The normalized spacial score (nSPS) is 15.7. The summed E-state index contributed by atoms with van der Waals surface area (Å²) in [6.07, 6.45) is 0. The number of sulfonamides is 1. The van der Waals surface area contributed by atoms with E-state index < -0.39 is 16.1 Å². The van der Waals surface area contributed by atoms with Crippen LogP contribution in [0.3, 0.4) is 0 Å². The van der Waals surface area contributed by atoms with Gasteiger partial charge in [-0.15, -0.1) is 11.3 Å². The molecule has 0 bridgehead atoms. The van der Waals surface area contributed by atoms with Gasteiger partial charge in [0.25, 0.3) is 5.91 Å². The molecular weight excluding hydrogens is 467 g/mol. The van der Waals surface area contributed by atoms with Gasteiger partial charge in [0.05, 0.1) is 24.2 Å². The van der Waals surface area contributed by atoms with Crippen molar-refractivity contribution in [3.8, 4) is 5.75 Å². The van der Waals surface area contributed by atoms with Gasteiger partial charge in [-0.05, 0) is 53.4 Å². The van der Waals surface area contributed by atoms with Crippen LogP contribution >= 0.6 is 11.3 Å². The molecule has 174 valence electrons. The number of nitrogens with one attached hydrogen (secondary N) is 1. The minimum absolute atomic E-state index is 0.162. The lowest BCUT2D eigenvalue weighted by Gasteiger charge is -2.26. The number of hydrogen-bond acceptors (Lipinski definition) is 6. The van der Waals surface area contributed by atoms with E-state index in [4.69, 9.17) is 9.47 Å². The molecule has 0 aliphatic carbocycles. The van der Waals surface area contributed by atoms with Crippen LogP contribution in [0.15, 0.2) is 70.9 Å². The molecular formula is C23H23FN2O5S2. The Hall–Kier alpha value is -2.79. The van der Waals surface area contributed by atoms with Gasteiger partial charge in [0.15, 0.2) is 6.61 Å². The van der Waals surface area contributed by atoms with Crippen molar-refractivity contribution in [2.24, 2.45) is 0 Å². The van der Waals surface area contributed by atoms with Crippen LogP contribution < -0.4 is 10.1 Å². The summed E-state index contributed by atoms with van der Waals surface area (Å²) in [4.78, 5) is 13.6. The lowest BCUT2D eigenvalue weighted by Crippen LogP contribution is -2.40. The summed E-state index contributed by atoms with van der Waals surface area (Å²) < 4.78 is 50.9. The van der Waals surface area contributed by atoms with Gasteiger partial charge in [-0.3, -0.25) is 4.79 Å². The first-order valence-corrected chi connectivity index (χ1v) is 12.6. The topological polar surface area (TPSA) is 84.9 Å². The summed E-state index contributed by atoms with van der Waals surface area (Å²) in [7, 11) is -3.59. The Labute approximate surface area is 195 Å². The van der Waals surface area contributed by atoms with Gasteiger partial charge in [0, 0.05) is 18.0 Å². The lowest BCUT2D eigenvalue weighted by atomic mass is 10.1. The molecule has 4 rings (SSSR count). The number of morpholine rings is 1. The number of carbonyl (C=O) groups excluding carboxylic acids is 1. The second-order valence-corrected chi connectivity index (χ2v) is 10.3. The van der Waals surface area contributed by atoms with Crippen LogP contribution in [-0.4, -0.2) is 51.5 Å². The summed E-state index contributed by atoms with van der Waals surface area (Å²) in [5.74, 6) is -0.333. The predicted molar refractivity (Wildman–Crippen MR) is 122 cm³/mol. The predicted octanol–water partition coefficient (Wildman–Crippen LogP) is 3.19. The summed E-state index contributed by atoms with van der Waals surface area (Å²) in [6.45, 7) is 1.14. The first-order chi connectivity index (χ1) is 15.9. The standard InChI is InChI=1S/C23H23FN2O5S2/c24-18-5-3-17(4-6-18)23(21-2-1-15-32-21)25-22(27)16-31-19-7-9-20(10-8-19)33(28,29)26-11-13-30-14-12-26/h1-10,15,23H,11-14,16H2,(H,25,27). The molecule has 1 atom stereocenters. The minimum atomic E-state index is -3.59. The van der Waals surface area contributed by atoms with Gasteiger partial charge >= 0.3 is 0 Å². The number of ether oxygens (including phenoxy) is 2. The molecule has 0 saturated carbocycles. The first-order valence-electron chi connectivity index (χ1n) is 10.3. The van der Waals surface area contributed by atoms with E-state index in [9.17, 15) is 17.6 Å². The quantitative estimate of drug-likeness (QED) is 0.524. The van der Waals surface area contributed by atoms with E-state index >= 15 is 0 Å². The summed E-state index contributed by atoms with van der Waals surface area (Å²) in [5, 5.41) is 4.82. The SMILES string of the molecule is O=C(COc1ccc(S(=O)(=O)N2CCOCC2)cc1)NC(c1ccc(F)cc1)c1cccs1. The Kier molecular flexibility index (Phi) is 7.39. The van der Waals surface area contributed by atoms with E-state index in [1.807, 2.05) is 17.5 Å². The summed E-state index contributed by atoms with van der Waals surface area (Å²) in [5.41, 5.74) is 0.755. The third-order valence-electron chi connectivity index (χ3n) is 5.14. The number of amides is 1. The fourth-order valence-corrected chi connectivity index (χ4v) is 5.64. The van der Waals surface area contributed by atoms with Crippen LogP contribution in [0.2, 0.25) is 0 Å². The number of thiophene rings is 1. The van der Waals surface area contributed by atoms with E-state index in [0.717, 1.165) is 10.4 Å². The zero-order valence-corrected chi connectivity index (χ0v) is 19.3. The zero-order valence-electron chi connectivity index (χ0n) is 17.6. The van der Waals surface area contributed by atoms with Gasteiger partial charge in [0.1, 0.15) is 11.6 Å². The van der Waals surface area contributed by atoms with Crippen LogP contribution in [-0.2, 0) is 19.6 Å². The number of carbonyl (C=O) groups is 1. The largest absolute Gasteiger partial charge is 0.484 e. The molecule has 3 aromatic rings. The Balaban J connectivity index is 1.38. The van der Waals surface area contributed by atoms with Gasteiger partial charge in [-0.1, -0.05) is 18.2 Å². The molecule has 1 aliphatic rings. The summed E-state index contributed by atoms with van der Waals surface area (Å²) in [6, 6.07) is 15.3. The van der Waals surface area contributed by atoms with Gasteiger partial charge in [-0.25, -0.2) is 12.8 Å². The highest BCUT2D eigenvalue weighted by Gasteiger charge is 2.26. The summed E-state index contributed by atoms with van der Waals surface area (Å²) >= 11 is 1.48. The van der Waals surface area contributed by atoms with Crippen molar-refractivity contribution in [3.63, 3.8) is 0 Å². The van der Waals surface area contributed by atoms with Crippen LogP contribution in [0, 0.1) is 5.82 Å². The van der Waals surface area contributed by atoms with Gasteiger partial charge in [0.2, 0.25) is 10.0 Å². The Morgan fingerprint density at radius 3 is 2.42 bits per heavy atom. The van der Waals surface area contributed by atoms with Crippen molar-refractivity contribution in [2.75, 3.05) is 32.9 Å². The molecule has 1 aliphatic heterocycles. The molecule has 1 amide bonds. The average Bonchev–Trinajstić information content (AvgIpc) is 3.37. The molecule has 0 spiro atoms. The number of hydrogen-bond donors (Lipinski definition) is 1. The fourth-order valence-electron chi connectivity index (χ4n) is 3.42. The van der Waals surface area contributed by atoms with Gasteiger partial charge in [-0.2, -0.15) is 4.31 Å². The molecule has 7 nitrogen and oxygen atoms in total. The Morgan fingerprint density at radius 2 is 1.79 bits per heavy atom. The minimum Gasteiger partial charge on any atom is -0.484 e.